The predicted octanol–water partition coefficient (Wildman–Crippen LogP) is 1.72. The molecule has 0 aliphatic heterocycles. The Kier molecular flexibility index (Phi) is 4.18. The van der Waals surface area contributed by atoms with Gasteiger partial charge in [-0.15, -0.1) is 0 Å². The van der Waals surface area contributed by atoms with Crippen molar-refractivity contribution in [3.63, 3.8) is 0 Å². The lowest BCUT2D eigenvalue weighted by Crippen LogP contribution is -2.26. The van der Waals surface area contributed by atoms with Crippen LogP contribution in [-0.2, 0) is 16.4 Å². The Morgan fingerprint density at radius 1 is 1.42 bits per heavy atom. The number of nitrogens with zero attached hydrogens (tertiary/aromatic N) is 1. The normalized spacial score (nSPS) is 11.7. The third kappa shape index (κ3) is 3.52. The van der Waals surface area contributed by atoms with Gasteiger partial charge in [0, 0.05) is 24.9 Å². The van der Waals surface area contributed by atoms with Gasteiger partial charge in [-0.1, -0.05) is 11.6 Å². The Balaban J connectivity index is 2.03. The lowest BCUT2D eigenvalue weighted by Gasteiger charge is -2.06. The van der Waals surface area contributed by atoms with Crippen LogP contribution in [0.25, 0.3) is 0 Å². The number of H-pyrrole nitrogens is 1. The molecule has 2 N–H and O–H groups in total. The topological polar surface area (TPSA) is 74.8 Å². The first-order valence-corrected chi connectivity index (χ1v) is 7.27. The second-order valence-corrected chi connectivity index (χ2v) is 5.97. The molecule has 0 saturated carbocycles. The molecule has 5 nitrogen and oxygen atoms in total. The van der Waals surface area contributed by atoms with Crippen molar-refractivity contribution in [3.8, 4) is 0 Å². The maximum atomic E-state index is 13.0. The maximum absolute atomic E-state index is 13.0. The van der Waals surface area contributed by atoms with Crippen LogP contribution in [0.1, 0.15) is 5.69 Å². The molecule has 0 amide bonds. The highest BCUT2D eigenvalue weighted by atomic mass is 35.5. The summed E-state index contributed by atoms with van der Waals surface area (Å²) in [7, 11) is -3.69. The molecule has 0 aliphatic rings. The number of hydrogen-bond donors (Lipinski definition) is 2. The zero-order valence-electron chi connectivity index (χ0n) is 9.73. The lowest BCUT2D eigenvalue weighted by atomic mass is 10.3. The molecule has 19 heavy (non-hydrogen) atoms. The van der Waals surface area contributed by atoms with E-state index in [1.54, 1.807) is 6.20 Å². The lowest BCUT2D eigenvalue weighted by molar-refractivity contribution is 0.580. The van der Waals surface area contributed by atoms with Crippen molar-refractivity contribution in [1.82, 2.24) is 14.7 Å². The van der Waals surface area contributed by atoms with E-state index in [0.29, 0.717) is 6.42 Å². The average Bonchev–Trinajstić information content (AvgIpc) is 2.85. The van der Waals surface area contributed by atoms with Gasteiger partial charge in [0.1, 0.15) is 5.82 Å². The van der Waals surface area contributed by atoms with Crippen LogP contribution in [0.3, 0.4) is 0 Å². The molecule has 1 aromatic heterocycles. The molecule has 0 aliphatic carbocycles. The van der Waals surface area contributed by atoms with Gasteiger partial charge >= 0.3 is 0 Å². The third-order valence-corrected chi connectivity index (χ3v) is 4.19. The molecule has 0 unspecified atom stereocenters. The van der Waals surface area contributed by atoms with Gasteiger partial charge in [-0.2, -0.15) is 0 Å². The van der Waals surface area contributed by atoms with E-state index in [0.717, 1.165) is 17.8 Å². The second-order valence-electron chi connectivity index (χ2n) is 3.80. The van der Waals surface area contributed by atoms with Crippen molar-refractivity contribution in [2.75, 3.05) is 6.54 Å². The quantitative estimate of drug-likeness (QED) is 0.883. The van der Waals surface area contributed by atoms with E-state index < -0.39 is 15.8 Å². The highest BCUT2D eigenvalue weighted by Gasteiger charge is 2.15. The van der Waals surface area contributed by atoms with Crippen LogP contribution in [0.5, 0.6) is 0 Å². The van der Waals surface area contributed by atoms with Crippen molar-refractivity contribution in [2.24, 2.45) is 0 Å². The number of aromatic amines is 1. The van der Waals surface area contributed by atoms with Gasteiger partial charge in [-0.05, 0) is 18.2 Å². The van der Waals surface area contributed by atoms with Gasteiger partial charge in [0.05, 0.1) is 16.2 Å². The minimum atomic E-state index is -3.69. The number of rotatable bonds is 5. The van der Waals surface area contributed by atoms with Crippen LogP contribution in [0.4, 0.5) is 4.39 Å². The Morgan fingerprint density at radius 2 is 2.21 bits per heavy atom. The molecule has 0 spiro atoms. The van der Waals surface area contributed by atoms with Crippen molar-refractivity contribution >= 4 is 21.6 Å². The zero-order chi connectivity index (χ0) is 13.9. The first-order valence-electron chi connectivity index (χ1n) is 5.41. The number of imidazole rings is 1. The molecule has 1 aromatic carbocycles. The Morgan fingerprint density at radius 3 is 2.84 bits per heavy atom. The number of benzene rings is 1. The van der Waals surface area contributed by atoms with Crippen LogP contribution in [0.15, 0.2) is 35.6 Å². The first-order chi connectivity index (χ1) is 8.99. The van der Waals surface area contributed by atoms with Gasteiger partial charge in [0.2, 0.25) is 10.0 Å². The fourth-order valence-electron chi connectivity index (χ4n) is 1.47. The molecule has 0 fully saturated rings. The Labute approximate surface area is 114 Å². The standard InChI is InChI=1S/C11H11ClFN3O2S/c12-10-5-9(1-2-11(10)13)19(17,18)16-4-3-8-6-14-7-15-8/h1-2,5-7,16H,3-4H2,(H,14,15). The van der Waals surface area contributed by atoms with Crippen molar-refractivity contribution in [1.29, 1.82) is 0 Å². The fourth-order valence-corrected chi connectivity index (χ4v) is 2.77. The summed E-state index contributed by atoms with van der Waals surface area (Å²) in [5, 5.41) is -0.226. The predicted molar refractivity (Wildman–Crippen MR) is 68.9 cm³/mol. The average molecular weight is 304 g/mol. The molecule has 1 heterocycles. The number of halogens is 2. The Hall–Kier alpha value is -1.44. The van der Waals surface area contributed by atoms with Gasteiger partial charge in [0.25, 0.3) is 0 Å². The molecule has 2 aromatic rings. The summed E-state index contributed by atoms with van der Waals surface area (Å²) < 4.78 is 39.2. The summed E-state index contributed by atoms with van der Waals surface area (Å²) in [6.45, 7) is 0.208. The molecule has 0 bridgehead atoms. The van der Waals surface area contributed by atoms with Gasteiger partial charge in [-0.3, -0.25) is 0 Å². The number of sulfonamides is 1. The summed E-state index contributed by atoms with van der Waals surface area (Å²) in [6, 6.07) is 3.26. The molecule has 0 radical (unpaired) electrons. The van der Waals surface area contributed by atoms with E-state index in [-0.39, 0.29) is 16.5 Å². The minimum Gasteiger partial charge on any atom is -0.348 e. The van der Waals surface area contributed by atoms with Gasteiger partial charge in [0.15, 0.2) is 0 Å². The van der Waals surface area contributed by atoms with Crippen molar-refractivity contribution < 1.29 is 12.8 Å². The molecular formula is C11H11ClFN3O2S. The van der Waals surface area contributed by atoms with Crippen LogP contribution in [0.2, 0.25) is 5.02 Å². The minimum absolute atomic E-state index is 0.0662. The molecule has 0 saturated heterocycles. The molecular weight excluding hydrogens is 293 g/mol. The van der Waals surface area contributed by atoms with Gasteiger partial charge in [-0.25, -0.2) is 22.5 Å². The molecule has 0 atom stereocenters. The van der Waals surface area contributed by atoms with Crippen LogP contribution < -0.4 is 4.72 Å². The summed E-state index contributed by atoms with van der Waals surface area (Å²) in [4.78, 5) is 6.62. The summed E-state index contributed by atoms with van der Waals surface area (Å²) in [6.07, 6.45) is 3.61. The van der Waals surface area contributed by atoms with Crippen LogP contribution in [-0.4, -0.2) is 24.9 Å². The van der Waals surface area contributed by atoms with E-state index in [4.69, 9.17) is 11.6 Å². The molecule has 8 heteroatoms. The van der Waals surface area contributed by atoms with E-state index in [2.05, 4.69) is 14.7 Å². The van der Waals surface area contributed by atoms with Crippen LogP contribution >= 0.6 is 11.6 Å². The van der Waals surface area contributed by atoms with E-state index >= 15 is 0 Å². The second kappa shape index (κ2) is 5.68. The number of nitrogens with one attached hydrogen (secondary N) is 2. The first kappa shape index (κ1) is 14.0. The van der Waals surface area contributed by atoms with Gasteiger partial charge < -0.3 is 4.98 Å². The SMILES string of the molecule is O=S(=O)(NCCc1cnc[nH]1)c1ccc(F)c(Cl)c1. The Bertz CT molecular complexity index is 659. The molecule has 102 valence electrons. The summed E-state index contributed by atoms with van der Waals surface area (Å²) >= 11 is 5.55. The fraction of sp³-hybridized carbons (Fsp3) is 0.182. The largest absolute Gasteiger partial charge is 0.348 e. The summed E-state index contributed by atoms with van der Waals surface area (Å²) in [5.74, 6) is -0.655. The number of aromatic nitrogens is 2. The van der Waals surface area contributed by atoms with Crippen molar-refractivity contribution in [3.05, 3.63) is 47.3 Å². The smallest absolute Gasteiger partial charge is 0.240 e. The zero-order valence-corrected chi connectivity index (χ0v) is 11.3. The number of hydrogen-bond acceptors (Lipinski definition) is 3. The highest BCUT2D eigenvalue weighted by Crippen LogP contribution is 2.19. The highest BCUT2D eigenvalue weighted by molar-refractivity contribution is 7.89. The monoisotopic (exact) mass is 303 g/mol. The summed E-state index contributed by atoms with van der Waals surface area (Å²) in [5.41, 5.74) is 0.819. The van der Waals surface area contributed by atoms with E-state index in [1.165, 1.54) is 12.4 Å². The van der Waals surface area contributed by atoms with Crippen LogP contribution in [0, 0.1) is 5.82 Å². The van der Waals surface area contributed by atoms with Crippen molar-refractivity contribution in [2.45, 2.75) is 11.3 Å². The maximum Gasteiger partial charge on any atom is 0.240 e. The van der Waals surface area contributed by atoms with E-state index in [9.17, 15) is 12.8 Å². The molecule has 2 rings (SSSR count). The third-order valence-electron chi connectivity index (χ3n) is 2.44. The van der Waals surface area contributed by atoms with E-state index in [1.807, 2.05) is 0 Å².